The van der Waals surface area contributed by atoms with Gasteiger partial charge in [0.25, 0.3) is 0 Å². The summed E-state index contributed by atoms with van der Waals surface area (Å²) in [4.78, 5) is 6.04. The summed E-state index contributed by atoms with van der Waals surface area (Å²) in [6.07, 6.45) is -23.7. The van der Waals surface area contributed by atoms with Crippen molar-refractivity contribution in [2.24, 2.45) is 0 Å². The average Bonchev–Trinajstić information content (AvgIpc) is 2.78. The van der Waals surface area contributed by atoms with Crippen molar-refractivity contribution >= 4 is 21.8 Å². The van der Waals surface area contributed by atoms with Crippen LogP contribution in [0.15, 0.2) is 48.5 Å². The van der Waals surface area contributed by atoms with Crippen molar-refractivity contribution in [3.63, 3.8) is 0 Å². The second-order valence-corrected chi connectivity index (χ2v) is 7.99. The largest absolute Gasteiger partial charge is 0.433 e. The highest BCUT2D eigenvalue weighted by Crippen LogP contribution is 2.43. The molecule has 0 saturated carbocycles. The first-order valence-electron chi connectivity index (χ1n) is 10.1. The zero-order valence-electron chi connectivity index (χ0n) is 18.1. The highest BCUT2D eigenvalue weighted by molar-refractivity contribution is 5.90. The molecule has 0 fully saturated rings. The van der Waals surface area contributed by atoms with E-state index < -0.39 is 86.3 Å². The summed E-state index contributed by atoms with van der Waals surface area (Å²) < 4.78 is 162. The minimum atomic E-state index is -5.36. The van der Waals surface area contributed by atoms with E-state index in [0.717, 1.165) is 24.3 Å². The molecule has 202 valence electrons. The number of rotatable bonds is 2. The van der Waals surface area contributed by atoms with Crippen molar-refractivity contribution in [3.05, 3.63) is 82.2 Å². The van der Waals surface area contributed by atoms with Crippen LogP contribution in [0.3, 0.4) is 0 Å². The van der Waals surface area contributed by atoms with Gasteiger partial charge in [0.2, 0.25) is 0 Å². The molecule has 0 unspecified atom stereocenters. The second kappa shape index (κ2) is 8.71. The molecule has 2 aromatic heterocycles. The number of para-hydroxylation sites is 2. The lowest BCUT2D eigenvalue weighted by Gasteiger charge is -2.21. The number of pyridine rings is 2. The molecule has 0 aliphatic rings. The van der Waals surface area contributed by atoms with E-state index in [1.54, 1.807) is 0 Å². The fraction of sp³-hybridized carbons (Fsp3) is 0.217. The van der Waals surface area contributed by atoms with E-state index in [-0.39, 0.29) is 12.1 Å². The summed E-state index contributed by atoms with van der Waals surface area (Å²) in [5, 5.41) is 9.57. The molecule has 0 radical (unpaired) electrons. The summed E-state index contributed by atoms with van der Waals surface area (Å²) >= 11 is 0. The molecular formula is C23H10F12N2O. The molecule has 2 aromatic carbocycles. The number of halogens is 12. The number of aromatic nitrogens is 2. The van der Waals surface area contributed by atoms with Gasteiger partial charge in [-0.2, -0.15) is 52.7 Å². The summed E-state index contributed by atoms with van der Waals surface area (Å²) in [5.74, 6) is 0. The van der Waals surface area contributed by atoms with Crippen LogP contribution in [0.1, 0.15) is 39.7 Å². The Bertz CT molecular complexity index is 1420. The Morgan fingerprint density at radius 1 is 0.526 bits per heavy atom. The number of hydrogen-bond donors (Lipinski definition) is 1. The van der Waals surface area contributed by atoms with Crippen LogP contribution in [0.4, 0.5) is 52.7 Å². The molecule has 4 rings (SSSR count). The van der Waals surface area contributed by atoms with Crippen LogP contribution in [0.2, 0.25) is 0 Å². The third-order valence-electron chi connectivity index (χ3n) is 5.52. The van der Waals surface area contributed by atoms with Crippen LogP contribution < -0.4 is 0 Å². The molecule has 0 bridgehead atoms. The molecule has 2 heterocycles. The van der Waals surface area contributed by atoms with E-state index in [2.05, 4.69) is 9.97 Å². The van der Waals surface area contributed by atoms with Crippen molar-refractivity contribution in [1.29, 1.82) is 0 Å². The van der Waals surface area contributed by atoms with E-state index in [0.29, 0.717) is 12.1 Å². The lowest BCUT2D eigenvalue weighted by molar-refractivity contribution is -0.142. The molecule has 4 aromatic rings. The van der Waals surface area contributed by atoms with E-state index in [1.807, 2.05) is 0 Å². The third-order valence-corrected chi connectivity index (χ3v) is 5.52. The number of hydrogen-bond acceptors (Lipinski definition) is 3. The van der Waals surface area contributed by atoms with E-state index >= 15 is 0 Å². The maximum absolute atomic E-state index is 13.5. The Balaban J connectivity index is 2.12. The first-order valence-corrected chi connectivity index (χ1v) is 10.1. The van der Waals surface area contributed by atoms with Crippen molar-refractivity contribution in [2.75, 3.05) is 0 Å². The number of benzene rings is 2. The summed E-state index contributed by atoms with van der Waals surface area (Å²) in [6, 6.07) is 4.28. The van der Waals surface area contributed by atoms with Gasteiger partial charge in [-0.3, -0.25) is 0 Å². The van der Waals surface area contributed by atoms with Gasteiger partial charge in [0.15, 0.2) is 0 Å². The van der Waals surface area contributed by atoms with Gasteiger partial charge >= 0.3 is 24.7 Å². The van der Waals surface area contributed by atoms with Gasteiger partial charge in [-0.15, -0.1) is 0 Å². The number of aliphatic hydroxyl groups is 1. The predicted octanol–water partition coefficient (Wildman–Crippen LogP) is 7.94. The Hall–Kier alpha value is -3.62. The van der Waals surface area contributed by atoms with Crippen LogP contribution in [0.25, 0.3) is 21.8 Å². The molecule has 3 nitrogen and oxygen atoms in total. The van der Waals surface area contributed by atoms with Crippen molar-refractivity contribution < 1.29 is 57.8 Å². The Labute approximate surface area is 203 Å². The smallest absolute Gasteiger partial charge is 0.384 e. The highest BCUT2D eigenvalue weighted by atomic mass is 19.4. The van der Waals surface area contributed by atoms with Crippen LogP contribution in [-0.2, 0) is 24.7 Å². The molecule has 0 saturated heterocycles. The summed E-state index contributed by atoms with van der Waals surface area (Å²) in [6.45, 7) is 0. The molecule has 38 heavy (non-hydrogen) atoms. The maximum Gasteiger partial charge on any atom is 0.433 e. The lowest BCUT2D eigenvalue weighted by Crippen LogP contribution is -2.16. The third kappa shape index (κ3) is 4.93. The van der Waals surface area contributed by atoms with Gasteiger partial charge in [0.05, 0.1) is 22.2 Å². The number of aliphatic hydroxyl groups excluding tert-OH is 1. The molecule has 1 N–H and O–H groups in total. The maximum atomic E-state index is 13.5. The number of nitrogens with zero attached hydrogens (tertiary/aromatic N) is 2. The fourth-order valence-corrected chi connectivity index (χ4v) is 3.92. The van der Waals surface area contributed by atoms with Gasteiger partial charge in [0.1, 0.15) is 17.5 Å². The first-order chi connectivity index (χ1) is 17.3. The Morgan fingerprint density at radius 2 is 0.868 bits per heavy atom. The molecule has 0 amide bonds. The van der Waals surface area contributed by atoms with Gasteiger partial charge in [0, 0.05) is 10.8 Å². The van der Waals surface area contributed by atoms with E-state index in [9.17, 15) is 57.8 Å². The number of alkyl halides is 12. The quantitative estimate of drug-likeness (QED) is 0.254. The molecule has 0 spiro atoms. The summed E-state index contributed by atoms with van der Waals surface area (Å²) in [7, 11) is 0. The van der Waals surface area contributed by atoms with Crippen LogP contribution in [0, 0.1) is 0 Å². The molecule has 0 aliphatic heterocycles. The van der Waals surface area contributed by atoms with Gasteiger partial charge in [-0.05, 0) is 35.4 Å². The zero-order valence-corrected chi connectivity index (χ0v) is 18.1. The SMILES string of the molecule is OC(c1cc(C(F)(F)F)nc2c(C(F)(F)F)cccc12)c1cc(C(F)(F)F)nc2c(C(F)(F)F)cccc12. The second-order valence-electron chi connectivity index (χ2n) is 7.99. The highest BCUT2D eigenvalue weighted by Gasteiger charge is 2.40. The fourth-order valence-electron chi connectivity index (χ4n) is 3.92. The monoisotopic (exact) mass is 558 g/mol. The molecule has 0 atom stereocenters. The Kier molecular flexibility index (Phi) is 6.29. The molecular weight excluding hydrogens is 548 g/mol. The number of fused-ring (bicyclic) bond motifs is 2. The minimum Gasteiger partial charge on any atom is -0.384 e. The van der Waals surface area contributed by atoms with Gasteiger partial charge < -0.3 is 5.11 Å². The van der Waals surface area contributed by atoms with Crippen LogP contribution in [0.5, 0.6) is 0 Å². The average molecular weight is 558 g/mol. The predicted molar refractivity (Wildman–Crippen MR) is 108 cm³/mol. The van der Waals surface area contributed by atoms with Gasteiger partial charge in [-0.25, -0.2) is 9.97 Å². The first kappa shape index (κ1) is 27.4. The summed E-state index contributed by atoms with van der Waals surface area (Å²) in [5.41, 5.74) is -11.6. The topological polar surface area (TPSA) is 46.0 Å². The van der Waals surface area contributed by atoms with Gasteiger partial charge in [-0.1, -0.05) is 24.3 Å². The molecule has 15 heteroatoms. The van der Waals surface area contributed by atoms with Crippen molar-refractivity contribution in [2.45, 2.75) is 30.8 Å². The normalized spacial score (nSPS) is 13.6. The lowest BCUT2D eigenvalue weighted by atomic mass is 9.92. The molecule has 0 aliphatic carbocycles. The van der Waals surface area contributed by atoms with E-state index in [4.69, 9.17) is 0 Å². The van der Waals surface area contributed by atoms with Crippen LogP contribution >= 0.6 is 0 Å². The van der Waals surface area contributed by atoms with Crippen molar-refractivity contribution in [3.8, 4) is 0 Å². The zero-order chi connectivity index (χ0) is 28.4. The van der Waals surface area contributed by atoms with Crippen molar-refractivity contribution in [1.82, 2.24) is 9.97 Å². The van der Waals surface area contributed by atoms with E-state index in [1.165, 1.54) is 0 Å². The minimum absolute atomic E-state index is 0.125. The standard InChI is InChI=1S/C23H10F12N2O/c24-20(25,26)13-5-1-3-9-11(7-15(22(30,31)32)36-17(9)13)19(38)12-8-16(23(33,34)35)37-18-10(12)4-2-6-14(18)21(27,28)29/h1-8,19,38H. The Morgan fingerprint density at radius 3 is 1.16 bits per heavy atom. The van der Waals surface area contributed by atoms with Crippen LogP contribution in [-0.4, -0.2) is 15.1 Å².